The lowest BCUT2D eigenvalue weighted by Crippen LogP contribution is -1.99. The van der Waals surface area contributed by atoms with E-state index in [0.717, 1.165) is 12.1 Å². The van der Waals surface area contributed by atoms with Gasteiger partial charge in [0, 0.05) is 10.6 Å². The highest BCUT2D eigenvalue weighted by atomic mass is 35.5. The molecule has 0 aliphatic heterocycles. The topological polar surface area (TPSA) is 37.3 Å². The third kappa shape index (κ3) is 1.81. The highest BCUT2D eigenvalue weighted by molar-refractivity contribution is 6.31. The first-order valence-corrected chi connectivity index (χ1v) is 3.61. The largest absolute Gasteiger partial charge is 0.381 e. The molecule has 0 aromatic heterocycles. The van der Waals surface area contributed by atoms with Gasteiger partial charge in [-0.15, -0.1) is 0 Å². The maximum atomic E-state index is 12.6. The van der Waals surface area contributed by atoms with Crippen LogP contribution < -0.4 is 0 Å². The van der Waals surface area contributed by atoms with Crippen molar-refractivity contribution in [3.63, 3.8) is 0 Å². The maximum Gasteiger partial charge on any atom is 0.153 e. The summed E-state index contributed by atoms with van der Waals surface area (Å²) in [4.78, 5) is 10.1. The van der Waals surface area contributed by atoms with E-state index in [2.05, 4.69) is 0 Å². The second-order valence-corrected chi connectivity index (χ2v) is 2.65. The van der Waals surface area contributed by atoms with Crippen LogP contribution in [0.1, 0.15) is 11.7 Å². The number of benzene rings is 1. The molecule has 1 aromatic rings. The Morgan fingerprint density at radius 1 is 1.58 bits per heavy atom. The number of halogens is 2. The van der Waals surface area contributed by atoms with Crippen LogP contribution in [0.15, 0.2) is 18.2 Å². The SMILES string of the molecule is O=CC(O)c1cc(F)ccc1Cl. The number of hydrogen-bond donors (Lipinski definition) is 1. The van der Waals surface area contributed by atoms with Gasteiger partial charge in [0.05, 0.1) is 0 Å². The van der Waals surface area contributed by atoms with Gasteiger partial charge in [0.2, 0.25) is 0 Å². The first kappa shape index (κ1) is 9.16. The third-order valence-corrected chi connectivity index (χ3v) is 1.75. The standard InChI is InChI=1S/C8H6ClFO2/c9-7-2-1-5(10)3-6(7)8(12)4-11/h1-4,8,12H. The van der Waals surface area contributed by atoms with Gasteiger partial charge in [-0.2, -0.15) is 0 Å². The number of hydrogen-bond acceptors (Lipinski definition) is 2. The number of aliphatic hydroxyl groups is 1. The van der Waals surface area contributed by atoms with Crippen LogP contribution in [-0.2, 0) is 4.79 Å². The van der Waals surface area contributed by atoms with Crippen molar-refractivity contribution in [3.8, 4) is 0 Å². The second kappa shape index (κ2) is 3.65. The molecule has 0 saturated heterocycles. The summed E-state index contributed by atoms with van der Waals surface area (Å²) in [5.41, 5.74) is 0.0895. The van der Waals surface area contributed by atoms with E-state index < -0.39 is 11.9 Å². The van der Waals surface area contributed by atoms with E-state index in [0.29, 0.717) is 6.29 Å². The molecule has 64 valence electrons. The van der Waals surface area contributed by atoms with E-state index in [4.69, 9.17) is 16.7 Å². The minimum absolute atomic E-state index is 0.0895. The normalized spacial score (nSPS) is 12.6. The average Bonchev–Trinajstić information content (AvgIpc) is 2.08. The number of carbonyl (C=O) groups is 1. The number of aldehydes is 1. The predicted molar refractivity (Wildman–Crippen MR) is 42.4 cm³/mol. The Kier molecular flexibility index (Phi) is 2.78. The first-order chi connectivity index (χ1) is 5.65. The molecule has 0 radical (unpaired) electrons. The molecule has 1 N–H and O–H groups in total. The molecule has 1 aromatic carbocycles. The van der Waals surface area contributed by atoms with Crippen LogP contribution in [-0.4, -0.2) is 11.4 Å². The van der Waals surface area contributed by atoms with Crippen molar-refractivity contribution >= 4 is 17.9 Å². The molecule has 1 rings (SSSR count). The van der Waals surface area contributed by atoms with Crippen LogP contribution >= 0.6 is 11.6 Å². The monoisotopic (exact) mass is 188 g/mol. The van der Waals surface area contributed by atoms with Crippen LogP contribution in [0.2, 0.25) is 5.02 Å². The van der Waals surface area contributed by atoms with E-state index >= 15 is 0 Å². The summed E-state index contributed by atoms with van der Waals surface area (Å²) in [6.07, 6.45) is -1.06. The fourth-order valence-corrected chi connectivity index (χ4v) is 1.04. The highest BCUT2D eigenvalue weighted by Gasteiger charge is 2.10. The molecule has 2 nitrogen and oxygen atoms in total. The van der Waals surface area contributed by atoms with Crippen molar-refractivity contribution in [2.24, 2.45) is 0 Å². The minimum atomic E-state index is -1.35. The molecule has 1 unspecified atom stereocenters. The van der Waals surface area contributed by atoms with E-state index in [9.17, 15) is 9.18 Å². The smallest absolute Gasteiger partial charge is 0.153 e. The van der Waals surface area contributed by atoms with E-state index in [1.165, 1.54) is 6.07 Å². The van der Waals surface area contributed by atoms with Gasteiger partial charge in [0.15, 0.2) is 6.29 Å². The predicted octanol–water partition coefficient (Wildman–Crippen LogP) is 1.71. The van der Waals surface area contributed by atoms with Gasteiger partial charge < -0.3 is 9.90 Å². The van der Waals surface area contributed by atoms with Gasteiger partial charge in [-0.05, 0) is 18.2 Å². The average molecular weight is 189 g/mol. The third-order valence-electron chi connectivity index (χ3n) is 1.41. The lowest BCUT2D eigenvalue weighted by Gasteiger charge is -2.04. The van der Waals surface area contributed by atoms with Crippen molar-refractivity contribution in [1.29, 1.82) is 0 Å². The van der Waals surface area contributed by atoms with E-state index in [-0.39, 0.29) is 10.6 Å². The minimum Gasteiger partial charge on any atom is -0.381 e. The Bertz CT molecular complexity index is 301. The summed E-state index contributed by atoms with van der Waals surface area (Å²) in [5, 5.41) is 9.19. The molecule has 0 heterocycles. The summed E-state index contributed by atoms with van der Waals surface area (Å²) in [6.45, 7) is 0. The lowest BCUT2D eigenvalue weighted by molar-refractivity contribution is -0.115. The molecule has 0 fully saturated rings. The Labute approximate surface area is 73.6 Å². The van der Waals surface area contributed by atoms with Gasteiger partial charge in [-0.25, -0.2) is 4.39 Å². The van der Waals surface area contributed by atoms with E-state index in [1.807, 2.05) is 0 Å². The zero-order chi connectivity index (χ0) is 9.14. The van der Waals surface area contributed by atoms with Crippen LogP contribution in [0.5, 0.6) is 0 Å². The van der Waals surface area contributed by atoms with Gasteiger partial charge in [0.25, 0.3) is 0 Å². The number of aliphatic hydroxyl groups excluding tert-OH is 1. The molecule has 1 atom stereocenters. The quantitative estimate of drug-likeness (QED) is 0.718. The van der Waals surface area contributed by atoms with Crippen LogP contribution in [0.3, 0.4) is 0 Å². The zero-order valence-electron chi connectivity index (χ0n) is 6.00. The molecule has 0 aliphatic rings. The molecule has 0 amide bonds. The van der Waals surface area contributed by atoms with Gasteiger partial charge in [-0.3, -0.25) is 0 Å². The molecule has 0 aliphatic carbocycles. The fraction of sp³-hybridized carbons (Fsp3) is 0.125. The van der Waals surface area contributed by atoms with E-state index in [1.54, 1.807) is 0 Å². The van der Waals surface area contributed by atoms with Crippen molar-refractivity contribution in [2.75, 3.05) is 0 Å². The summed E-state index contributed by atoms with van der Waals surface area (Å²) in [5.74, 6) is -0.532. The molecule has 4 heteroatoms. The summed E-state index contributed by atoms with van der Waals surface area (Å²) in [6, 6.07) is 3.48. The molecule has 12 heavy (non-hydrogen) atoms. The van der Waals surface area contributed by atoms with Crippen molar-refractivity contribution in [3.05, 3.63) is 34.6 Å². The molecule has 0 spiro atoms. The summed E-state index contributed by atoms with van der Waals surface area (Å²) < 4.78 is 12.6. The number of rotatable bonds is 2. The maximum absolute atomic E-state index is 12.6. The second-order valence-electron chi connectivity index (χ2n) is 2.25. The Balaban J connectivity index is 3.12. The molecule has 0 saturated carbocycles. The van der Waals surface area contributed by atoms with Crippen molar-refractivity contribution < 1.29 is 14.3 Å². The number of carbonyl (C=O) groups excluding carboxylic acids is 1. The molecule has 0 bridgehead atoms. The van der Waals surface area contributed by atoms with Gasteiger partial charge in [0.1, 0.15) is 11.9 Å². The zero-order valence-corrected chi connectivity index (χ0v) is 6.75. The summed E-state index contributed by atoms with van der Waals surface area (Å²) in [7, 11) is 0. The highest BCUT2D eigenvalue weighted by Crippen LogP contribution is 2.22. The Morgan fingerprint density at radius 3 is 2.83 bits per heavy atom. The van der Waals surface area contributed by atoms with Gasteiger partial charge in [-0.1, -0.05) is 11.6 Å². The molecular formula is C8H6ClFO2. The Hall–Kier alpha value is -0.930. The van der Waals surface area contributed by atoms with Gasteiger partial charge >= 0.3 is 0 Å². The first-order valence-electron chi connectivity index (χ1n) is 3.23. The Morgan fingerprint density at radius 2 is 2.25 bits per heavy atom. The van der Waals surface area contributed by atoms with Crippen LogP contribution in [0.4, 0.5) is 4.39 Å². The summed E-state index contributed by atoms with van der Waals surface area (Å²) >= 11 is 5.58. The van der Waals surface area contributed by atoms with Crippen LogP contribution in [0, 0.1) is 5.82 Å². The van der Waals surface area contributed by atoms with Crippen molar-refractivity contribution in [1.82, 2.24) is 0 Å². The lowest BCUT2D eigenvalue weighted by atomic mass is 10.1. The van der Waals surface area contributed by atoms with Crippen molar-refractivity contribution in [2.45, 2.75) is 6.10 Å². The molecular weight excluding hydrogens is 183 g/mol. The fourth-order valence-electron chi connectivity index (χ4n) is 0.815. The van der Waals surface area contributed by atoms with Crippen LogP contribution in [0.25, 0.3) is 0 Å².